The zero-order chi connectivity index (χ0) is 23.4. The Kier molecular flexibility index (Phi) is 7.87. The van der Waals surface area contributed by atoms with E-state index in [2.05, 4.69) is 10.3 Å². The highest BCUT2D eigenvalue weighted by molar-refractivity contribution is 6.38. The van der Waals surface area contributed by atoms with Gasteiger partial charge in [-0.25, -0.2) is 4.98 Å². The summed E-state index contributed by atoms with van der Waals surface area (Å²) < 4.78 is 7.69. The van der Waals surface area contributed by atoms with Gasteiger partial charge in [-0.3, -0.25) is 14.0 Å². The maximum Gasteiger partial charge on any atom is 0.246 e. The molecule has 3 rings (SSSR count). The summed E-state index contributed by atoms with van der Waals surface area (Å²) in [4.78, 5) is 30.0. The number of hydrogen-bond donors (Lipinski definition) is 1. The van der Waals surface area contributed by atoms with E-state index in [0.717, 1.165) is 0 Å². The fourth-order valence-electron chi connectivity index (χ4n) is 3.11. The molecule has 0 aliphatic rings. The average Bonchev–Trinajstić information content (AvgIpc) is 3.06. The van der Waals surface area contributed by atoms with E-state index in [0.29, 0.717) is 51.4 Å². The highest BCUT2D eigenvalue weighted by Crippen LogP contribution is 2.35. The number of imidazole rings is 1. The molecule has 0 saturated heterocycles. The third-order valence-electron chi connectivity index (χ3n) is 4.90. The predicted molar refractivity (Wildman–Crippen MR) is 127 cm³/mol. The molecule has 0 aliphatic carbocycles. The molecule has 10 heteroatoms. The van der Waals surface area contributed by atoms with Gasteiger partial charge in [0.1, 0.15) is 11.8 Å². The van der Waals surface area contributed by atoms with Gasteiger partial charge in [0, 0.05) is 30.3 Å². The number of amides is 2. The lowest BCUT2D eigenvalue weighted by molar-refractivity contribution is -0.124. The van der Waals surface area contributed by atoms with Crippen molar-refractivity contribution in [1.29, 1.82) is 0 Å². The van der Waals surface area contributed by atoms with Crippen LogP contribution in [0.2, 0.25) is 15.2 Å². The molecule has 0 radical (unpaired) electrons. The second kappa shape index (κ2) is 10.4. The van der Waals surface area contributed by atoms with Crippen molar-refractivity contribution in [2.75, 3.05) is 18.5 Å². The Labute approximate surface area is 201 Å². The first-order valence-electron chi connectivity index (χ1n) is 10.0. The number of rotatable bonds is 8. The standard InChI is InChI=1S/C22H23Cl3N4O3/c1-4-6-18(30)26-11-19(31)28(3)16-9-8-15(23)14(20(16)24)12-32-17-7-5-10-29-21(25)13(2)27-22(17)29/h5,7-10H,4,6,11-12H2,1-3H3,(H,26,30). The molecular formula is C22H23Cl3N4O3. The zero-order valence-corrected chi connectivity index (χ0v) is 20.2. The topological polar surface area (TPSA) is 75.9 Å². The zero-order valence-electron chi connectivity index (χ0n) is 17.9. The lowest BCUT2D eigenvalue weighted by Gasteiger charge is -2.21. The lowest BCUT2D eigenvalue weighted by atomic mass is 10.2. The van der Waals surface area contributed by atoms with E-state index >= 15 is 0 Å². The minimum absolute atomic E-state index is 0.0595. The quantitative estimate of drug-likeness (QED) is 0.472. The second-order valence-corrected chi connectivity index (χ2v) is 8.32. The van der Waals surface area contributed by atoms with E-state index in [1.807, 2.05) is 13.8 Å². The number of likely N-dealkylation sites (N-methyl/N-ethyl adjacent to an activating group) is 1. The van der Waals surface area contributed by atoms with Crippen LogP contribution in [-0.2, 0) is 16.2 Å². The van der Waals surface area contributed by atoms with E-state index in [1.165, 1.54) is 4.90 Å². The number of aryl methyl sites for hydroxylation is 1. The van der Waals surface area contributed by atoms with Crippen LogP contribution < -0.4 is 15.0 Å². The second-order valence-electron chi connectivity index (χ2n) is 7.18. The first kappa shape index (κ1) is 24.2. The van der Waals surface area contributed by atoms with Crippen LogP contribution in [0.5, 0.6) is 5.75 Å². The predicted octanol–water partition coefficient (Wildman–Crippen LogP) is 5.06. The number of hydrogen-bond acceptors (Lipinski definition) is 4. The number of nitrogens with zero attached hydrogens (tertiary/aromatic N) is 3. The van der Waals surface area contributed by atoms with Gasteiger partial charge < -0.3 is 15.0 Å². The van der Waals surface area contributed by atoms with Crippen molar-refractivity contribution < 1.29 is 14.3 Å². The van der Waals surface area contributed by atoms with Crippen LogP contribution in [-0.4, -0.2) is 34.8 Å². The Hall–Kier alpha value is -2.48. The normalized spacial score (nSPS) is 10.9. The van der Waals surface area contributed by atoms with Crippen LogP contribution in [0.25, 0.3) is 5.65 Å². The molecule has 1 aromatic carbocycles. The van der Waals surface area contributed by atoms with Crippen LogP contribution in [0, 0.1) is 6.92 Å². The molecule has 3 aromatic rings. The summed E-state index contributed by atoms with van der Waals surface area (Å²) in [7, 11) is 1.59. The van der Waals surface area contributed by atoms with Gasteiger partial charge in [-0.15, -0.1) is 0 Å². The maximum absolute atomic E-state index is 12.5. The Morgan fingerprint density at radius 3 is 2.69 bits per heavy atom. The van der Waals surface area contributed by atoms with Gasteiger partial charge in [0.2, 0.25) is 11.8 Å². The molecule has 0 fully saturated rings. The van der Waals surface area contributed by atoms with Crippen molar-refractivity contribution in [3.8, 4) is 5.75 Å². The van der Waals surface area contributed by atoms with Gasteiger partial charge in [-0.2, -0.15) is 0 Å². The van der Waals surface area contributed by atoms with Crippen molar-refractivity contribution in [2.24, 2.45) is 0 Å². The largest absolute Gasteiger partial charge is 0.485 e. The lowest BCUT2D eigenvalue weighted by Crippen LogP contribution is -2.38. The fourth-order valence-corrected chi connectivity index (χ4v) is 3.89. The maximum atomic E-state index is 12.5. The average molecular weight is 498 g/mol. The summed E-state index contributed by atoms with van der Waals surface area (Å²) in [5.74, 6) is 0.0370. The number of ether oxygens (including phenoxy) is 1. The van der Waals surface area contributed by atoms with E-state index in [9.17, 15) is 9.59 Å². The van der Waals surface area contributed by atoms with Gasteiger partial charge in [0.15, 0.2) is 11.4 Å². The van der Waals surface area contributed by atoms with Crippen LogP contribution >= 0.6 is 34.8 Å². The number of anilines is 1. The Balaban J connectivity index is 1.79. The molecule has 170 valence electrons. The monoisotopic (exact) mass is 496 g/mol. The van der Waals surface area contributed by atoms with Crippen LogP contribution in [0.4, 0.5) is 5.69 Å². The van der Waals surface area contributed by atoms with Crippen molar-refractivity contribution in [3.05, 3.63) is 56.9 Å². The fraction of sp³-hybridized carbons (Fsp3) is 0.318. The number of fused-ring (bicyclic) bond motifs is 1. The molecule has 32 heavy (non-hydrogen) atoms. The third-order valence-corrected chi connectivity index (χ3v) is 6.13. The molecule has 0 bridgehead atoms. The molecule has 0 unspecified atom stereocenters. The highest BCUT2D eigenvalue weighted by Gasteiger charge is 2.20. The van der Waals surface area contributed by atoms with Gasteiger partial charge in [0.25, 0.3) is 0 Å². The molecule has 2 amide bonds. The van der Waals surface area contributed by atoms with Gasteiger partial charge >= 0.3 is 0 Å². The molecule has 0 saturated carbocycles. The van der Waals surface area contributed by atoms with Crippen LogP contribution in [0.1, 0.15) is 31.0 Å². The number of halogens is 3. The number of pyridine rings is 1. The molecule has 0 spiro atoms. The van der Waals surface area contributed by atoms with E-state index < -0.39 is 0 Å². The first-order valence-corrected chi connectivity index (χ1v) is 11.1. The van der Waals surface area contributed by atoms with Gasteiger partial charge in [-0.1, -0.05) is 41.7 Å². The number of carbonyl (C=O) groups excluding carboxylic acids is 2. The van der Waals surface area contributed by atoms with Gasteiger partial charge in [0.05, 0.1) is 22.9 Å². The van der Waals surface area contributed by atoms with E-state index in [1.54, 1.807) is 41.9 Å². The summed E-state index contributed by atoms with van der Waals surface area (Å²) in [5.41, 5.74) is 2.25. The summed E-state index contributed by atoms with van der Waals surface area (Å²) in [5, 5.41) is 3.81. The Bertz CT molecular complexity index is 1160. The Morgan fingerprint density at radius 2 is 1.97 bits per heavy atom. The Morgan fingerprint density at radius 1 is 1.22 bits per heavy atom. The first-order chi connectivity index (χ1) is 15.2. The summed E-state index contributed by atoms with van der Waals surface area (Å²) >= 11 is 19.2. The van der Waals surface area contributed by atoms with Crippen LogP contribution in [0.3, 0.4) is 0 Å². The van der Waals surface area contributed by atoms with Crippen molar-refractivity contribution >= 4 is 58.0 Å². The molecule has 2 aromatic heterocycles. The number of benzene rings is 1. The third kappa shape index (κ3) is 5.11. The van der Waals surface area contributed by atoms with Crippen molar-refractivity contribution in [3.63, 3.8) is 0 Å². The molecule has 0 atom stereocenters. The molecule has 0 aliphatic heterocycles. The summed E-state index contributed by atoms with van der Waals surface area (Å²) in [6.45, 7) is 3.65. The molecular weight excluding hydrogens is 475 g/mol. The number of nitrogens with one attached hydrogen (secondary N) is 1. The summed E-state index contributed by atoms with van der Waals surface area (Å²) in [6.07, 6.45) is 2.87. The van der Waals surface area contributed by atoms with Crippen LogP contribution in [0.15, 0.2) is 30.5 Å². The van der Waals surface area contributed by atoms with Crippen molar-refractivity contribution in [2.45, 2.75) is 33.3 Å². The smallest absolute Gasteiger partial charge is 0.246 e. The van der Waals surface area contributed by atoms with Gasteiger partial charge in [-0.05, 0) is 37.6 Å². The number of carbonyl (C=O) groups is 2. The summed E-state index contributed by atoms with van der Waals surface area (Å²) in [6, 6.07) is 6.88. The highest BCUT2D eigenvalue weighted by atomic mass is 35.5. The minimum Gasteiger partial charge on any atom is -0.485 e. The molecule has 1 N–H and O–H groups in total. The van der Waals surface area contributed by atoms with E-state index in [-0.39, 0.29) is 30.0 Å². The van der Waals surface area contributed by atoms with Crippen molar-refractivity contribution in [1.82, 2.24) is 14.7 Å². The number of aromatic nitrogens is 2. The SMILES string of the molecule is CCCC(=O)NCC(=O)N(C)c1ccc(Cl)c(COc2cccn3c(Cl)c(C)nc23)c1Cl. The molecule has 2 heterocycles. The molecule has 7 nitrogen and oxygen atoms in total. The van der Waals surface area contributed by atoms with E-state index in [4.69, 9.17) is 39.5 Å². The minimum atomic E-state index is -0.308.